The van der Waals surface area contributed by atoms with Gasteiger partial charge in [-0.3, -0.25) is 4.79 Å². The molecule has 2 aromatic rings. The fourth-order valence-corrected chi connectivity index (χ4v) is 3.60. The van der Waals surface area contributed by atoms with Crippen LogP contribution in [-0.2, 0) is 0 Å². The molecular weight excluding hydrogens is 369 g/mol. The number of nitrogens with one attached hydrogen (secondary N) is 2. The average Bonchev–Trinajstić information content (AvgIpc) is 2.75. The van der Waals surface area contributed by atoms with Crippen LogP contribution in [0.1, 0.15) is 36.2 Å². The van der Waals surface area contributed by atoms with Gasteiger partial charge in [-0.1, -0.05) is 13.0 Å². The number of ether oxygens (including phenoxy) is 1. The summed E-state index contributed by atoms with van der Waals surface area (Å²) in [5.41, 5.74) is 3.60. The highest BCUT2D eigenvalue weighted by molar-refractivity contribution is 6.04. The number of halogens is 1. The van der Waals surface area contributed by atoms with Gasteiger partial charge in [0.2, 0.25) is 0 Å². The van der Waals surface area contributed by atoms with Crippen LogP contribution in [0.5, 0.6) is 5.75 Å². The summed E-state index contributed by atoms with van der Waals surface area (Å²) in [6.07, 6.45) is 2.94. The van der Waals surface area contributed by atoms with Gasteiger partial charge in [-0.15, -0.1) is 0 Å². The Balaban J connectivity index is 1.77. The first kappa shape index (κ1) is 20.9. The molecule has 0 saturated carbocycles. The smallest absolute Gasteiger partial charge is 0.255 e. The molecule has 0 bridgehead atoms. The predicted octanol–water partition coefficient (Wildman–Crippen LogP) is 4.31. The van der Waals surface area contributed by atoms with E-state index >= 15 is 0 Å². The Hall–Kier alpha value is -2.86. The van der Waals surface area contributed by atoms with Crippen molar-refractivity contribution in [2.75, 3.05) is 43.5 Å². The van der Waals surface area contributed by atoms with Gasteiger partial charge < -0.3 is 20.3 Å². The van der Waals surface area contributed by atoms with E-state index in [1.807, 2.05) is 24.0 Å². The quantitative estimate of drug-likeness (QED) is 0.763. The van der Waals surface area contributed by atoms with E-state index in [9.17, 15) is 9.18 Å². The van der Waals surface area contributed by atoms with Crippen LogP contribution in [-0.4, -0.2) is 39.2 Å². The van der Waals surface area contributed by atoms with Gasteiger partial charge in [0.1, 0.15) is 11.6 Å². The van der Waals surface area contributed by atoms with Crippen LogP contribution in [0.4, 0.5) is 15.8 Å². The number of nitrogens with zero attached hydrogens (tertiary/aromatic N) is 1. The van der Waals surface area contributed by atoms with Crippen molar-refractivity contribution in [2.45, 2.75) is 20.3 Å². The zero-order valence-electron chi connectivity index (χ0n) is 17.2. The third kappa shape index (κ3) is 4.77. The molecule has 0 radical (unpaired) electrons. The molecule has 0 aliphatic carbocycles. The second kappa shape index (κ2) is 9.56. The monoisotopic (exact) mass is 397 g/mol. The molecule has 29 heavy (non-hydrogen) atoms. The lowest BCUT2D eigenvalue weighted by atomic mass is 10.0. The molecule has 1 fully saturated rings. The summed E-state index contributed by atoms with van der Waals surface area (Å²) in [5, 5.41) is 6.08. The molecule has 0 spiro atoms. The number of rotatable bonds is 6. The number of amides is 1. The zero-order valence-corrected chi connectivity index (χ0v) is 17.2. The number of anilines is 2. The third-order valence-electron chi connectivity index (χ3n) is 5.20. The molecule has 0 unspecified atom stereocenters. The maximum atomic E-state index is 14.6. The van der Waals surface area contributed by atoms with Gasteiger partial charge in [-0.25, -0.2) is 4.39 Å². The number of allylic oxidation sites excluding steroid dienone is 2. The highest BCUT2D eigenvalue weighted by atomic mass is 19.1. The minimum Gasteiger partial charge on any atom is -0.496 e. The lowest BCUT2D eigenvalue weighted by molar-refractivity contribution is 0.102. The molecule has 3 rings (SSSR count). The maximum absolute atomic E-state index is 14.6. The van der Waals surface area contributed by atoms with Crippen LogP contribution in [0.3, 0.4) is 0 Å². The largest absolute Gasteiger partial charge is 0.496 e. The van der Waals surface area contributed by atoms with Crippen LogP contribution < -0.4 is 20.3 Å². The van der Waals surface area contributed by atoms with Crippen molar-refractivity contribution < 1.29 is 13.9 Å². The summed E-state index contributed by atoms with van der Waals surface area (Å²) in [6, 6.07) is 10.2. The van der Waals surface area contributed by atoms with E-state index in [0.29, 0.717) is 17.1 Å². The standard InChI is InChI=1S/C23H28FN3O2/c1-4-16(5-2)19-8-7-18(15-22(19)29-3)26-23(28)17-6-9-21(20(24)14-17)27-12-10-25-11-13-27/h4,6-9,14-15,25H,5,10-13H2,1-3H3,(H,26,28)/b16-4+. The molecule has 0 aromatic heterocycles. The Morgan fingerprint density at radius 2 is 2.00 bits per heavy atom. The lowest BCUT2D eigenvalue weighted by Gasteiger charge is -2.29. The number of carbonyl (C=O) groups excluding carboxylic acids is 1. The maximum Gasteiger partial charge on any atom is 0.255 e. The molecule has 0 atom stereocenters. The molecule has 1 amide bonds. The van der Waals surface area contributed by atoms with Crippen LogP contribution in [0.25, 0.3) is 5.57 Å². The molecule has 1 aliphatic rings. The van der Waals surface area contributed by atoms with Crippen molar-refractivity contribution in [1.82, 2.24) is 5.32 Å². The van der Waals surface area contributed by atoms with Gasteiger partial charge in [0.15, 0.2) is 0 Å². The molecule has 5 nitrogen and oxygen atoms in total. The number of methoxy groups -OCH3 is 1. The number of hydrogen-bond donors (Lipinski definition) is 2. The van der Waals surface area contributed by atoms with Crippen LogP contribution >= 0.6 is 0 Å². The van der Waals surface area contributed by atoms with E-state index in [1.54, 1.807) is 25.3 Å². The summed E-state index contributed by atoms with van der Waals surface area (Å²) in [5.74, 6) is -0.0431. The second-order valence-corrected chi connectivity index (χ2v) is 6.94. The predicted molar refractivity (Wildman–Crippen MR) is 116 cm³/mol. The van der Waals surface area contributed by atoms with Gasteiger partial charge in [-0.05, 0) is 49.2 Å². The lowest BCUT2D eigenvalue weighted by Crippen LogP contribution is -2.43. The molecule has 1 aliphatic heterocycles. The van der Waals surface area contributed by atoms with Gasteiger partial charge >= 0.3 is 0 Å². The van der Waals surface area contributed by atoms with E-state index in [2.05, 4.69) is 23.6 Å². The number of benzene rings is 2. The van der Waals surface area contributed by atoms with E-state index in [1.165, 1.54) is 11.6 Å². The minimum absolute atomic E-state index is 0.284. The highest BCUT2D eigenvalue weighted by Gasteiger charge is 2.17. The number of hydrogen-bond acceptors (Lipinski definition) is 4. The highest BCUT2D eigenvalue weighted by Crippen LogP contribution is 2.31. The van der Waals surface area contributed by atoms with Gasteiger partial charge in [0.05, 0.1) is 12.8 Å². The van der Waals surface area contributed by atoms with E-state index in [-0.39, 0.29) is 17.3 Å². The van der Waals surface area contributed by atoms with Crippen molar-refractivity contribution in [3.8, 4) is 5.75 Å². The van der Waals surface area contributed by atoms with Gasteiger partial charge in [-0.2, -0.15) is 0 Å². The first-order valence-corrected chi connectivity index (χ1v) is 9.97. The second-order valence-electron chi connectivity index (χ2n) is 6.94. The summed E-state index contributed by atoms with van der Waals surface area (Å²) < 4.78 is 20.1. The van der Waals surface area contributed by atoms with Crippen molar-refractivity contribution in [3.05, 3.63) is 59.4 Å². The molecule has 154 valence electrons. The van der Waals surface area contributed by atoms with Crippen molar-refractivity contribution >= 4 is 22.9 Å². The molecule has 6 heteroatoms. The van der Waals surface area contributed by atoms with Gasteiger partial charge in [0, 0.05) is 49.1 Å². The Bertz CT molecular complexity index is 905. The normalized spacial score (nSPS) is 14.6. The van der Waals surface area contributed by atoms with E-state index in [0.717, 1.165) is 38.2 Å². The van der Waals surface area contributed by atoms with Crippen molar-refractivity contribution in [1.29, 1.82) is 0 Å². The summed E-state index contributed by atoms with van der Waals surface area (Å²) in [7, 11) is 1.61. The van der Waals surface area contributed by atoms with Crippen LogP contribution in [0, 0.1) is 5.82 Å². The molecule has 2 N–H and O–H groups in total. The molecule has 2 aromatic carbocycles. The Labute approximate surface area is 171 Å². The summed E-state index contributed by atoms with van der Waals surface area (Å²) in [4.78, 5) is 14.6. The fraction of sp³-hybridized carbons (Fsp3) is 0.348. The van der Waals surface area contributed by atoms with Gasteiger partial charge in [0.25, 0.3) is 5.91 Å². The van der Waals surface area contributed by atoms with Crippen LogP contribution in [0.15, 0.2) is 42.5 Å². The molecule has 1 heterocycles. The SMILES string of the molecule is C/C=C(\CC)c1ccc(NC(=O)c2ccc(N3CCNCC3)c(F)c2)cc1OC. The fourth-order valence-electron chi connectivity index (χ4n) is 3.60. The van der Waals surface area contributed by atoms with Crippen molar-refractivity contribution in [3.63, 3.8) is 0 Å². The van der Waals surface area contributed by atoms with Crippen molar-refractivity contribution in [2.24, 2.45) is 0 Å². The Kier molecular flexibility index (Phi) is 6.88. The minimum atomic E-state index is -0.381. The summed E-state index contributed by atoms with van der Waals surface area (Å²) in [6.45, 7) is 7.23. The Morgan fingerprint density at radius 3 is 2.62 bits per heavy atom. The number of carbonyl (C=O) groups is 1. The first-order chi connectivity index (χ1) is 14.1. The molecule has 1 saturated heterocycles. The topological polar surface area (TPSA) is 53.6 Å². The first-order valence-electron chi connectivity index (χ1n) is 9.97. The molecular formula is C23H28FN3O2. The third-order valence-corrected chi connectivity index (χ3v) is 5.20. The summed E-state index contributed by atoms with van der Waals surface area (Å²) >= 11 is 0. The van der Waals surface area contributed by atoms with E-state index in [4.69, 9.17) is 4.74 Å². The van der Waals surface area contributed by atoms with Crippen LogP contribution in [0.2, 0.25) is 0 Å². The Morgan fingerprint density at radius 1 is 1.24 bits per heavy atom. The number of piperazine rings is 1. The average molecular weight is 397 g/mol. The zero-order chi connectivity index (χ0) is 20.8. The van der Waals surface area contributed by atoms with E-state index < -0.39 is 0 Å².